The molecular weight excluding hydrogens is 192 g/mol. The summed E-state index contributed by atoms with van der Waals surface area (Å²) in [6, 6.07) is 0. The fourth-order valence-corrected chi connectivity index (χ4v) is 1.88. The van der Waals surface area contributed by atoms with Gasteiger partial charge in [0.1, 0.15) is 0 Å². The van der Waals surface area contributed by atoms with E-state index < -0.39 is 5.79 Å². The van der Waals surface area contributed by atoms with E-state index in [2.05, 4.69) is 6.92 Å². The highest BCUT2D eigenvalue weighted by Crippen LogP contribution is 2.37. The maximum atomic E-state index is 11.4. The van der Waals surface area contributed by atoms with Gasteiger partial charge in [0, 0.05) is 24.7 Å². The van der Waals surface area contributed by atoms with Gasteiger partial charge < -0.3 is 9.47 Å². The first-order chi connectivity index (χ1) is 7.07. The topological polar surface area (TPSA) is 35.5 Å². The average molecular weight is 212 g/mol. The molecule has 1 rings (SSSR count). The number of rotatable bonds is 5. The molecule has 0 spiro atoms. The van der Waals surface area contributed by atoms with Gasteiger partial charge in [-0.1, -0.05) is 19.8 Å². The third-order valence-electron chi connectivity index (χ3n) is 3.14. The third kappa shape index (κ3) is 2.23. The Labute approximate surface area is 91.4 Å². The molecule has 0 aliphatic carbocycles. The summed E-state index contributed by atoms with van der Waals surface area (Å²) in [5.41, 5.74) is 1.61. The van der Waals surface area contributed by atoms with Crippen LogP contribution in [0.5, 0.6) is 0 Å². The minimum atomic E-state index is -0.781. The number of esters is 1. The summed E-state index contributed by atoms with van der Waals surface area (Å²) in [5, 5.41) is 0. The minimum absolute atomic E-state index is 0.245. The summed E-state index contributed by atoms with van der Waals surface area (Å²) in [4.78, 5) is 11.4. The number of cyclic esters (lactones) is 1. The summed E-state index contributed by atoms with van der Waals surface area (Å²) in [6.07, 6.45) is 4.05. The highest BCUT2D eigenvalue weighted by Gasteiger charge is 2.43. The molecule has 1 atom stereocenters. The van der Waals surface area contributed by atoms with Gasteiger partial charge in [-0.15, -0.1) is 0 Å². The lowest BCUT2D eigenvalue weighted by molar-refractivity contribution is -0.195. The van der Waals surface area contributed by atoms with Gasteiger partial charge in [-0.25, -0.2) is 4.79 Å². The zero-order valence-electron chi connectivity index (χ0n) is 10.1. The lowest BCUT2D eigenvalue weighted by atomic mass is 9.99. The smallest absolute Gasteiger partial charge is 0.336 e. The van der Waals surface area contributed by atoms with Crippen molar-refractivity contribution < 1.29 is 14.3 Å². The zero-order chi connectivity index (χ0) is 11.5. The lowest BCUT2D eigenvalue weighted by Crippen LogP contribution is -2.33. The number of carbonyl (C=O) groups is 1. The van der Waals surface area contributed by atoms with Crippen molar-refractivity contribution in [1.29, 1.82) is 0 Å². The zero-order valence-corrected chi connectivity index (χ0v) is 10.1. The predicted molar refractivity (Wildman–Crippen MR) is 58.3 cm³/mol. The van der Waals surface area contributed by atoms with Gasteiger partial charge in [0.05, 0.1) is 0 Å². The molecule has 3 heteroatoms. The van der Waals surface area contributed by atoms with Crippen LogP contribution in [0.2, 0.25) is 0 Å². The molecule has 3 nitrogen and oxygen atoms in total. The summed E-state index contributed by atoms with van der Waals surface area (Å²) >= 11 is 0. The summed E-state index contributed by atoms with van der Waals surface area (Å²) in [5.74, 6) is -1.03. The van der Waals surface area contributed by atoms with E-state index in [1.807, 2.05) is 6.92 Å². The van der Waals surface area contributed by atoms with E-state index >= 15 is 0 Å². The van der Waals surface area contributed by atoms with E-state index in [1.54, 1.807) is 14.0 Å². The SMILES string of the molecule is CCCCC[C@]1(OC)OC(=O)C(C)=C1C. The van der Waals surface area contributed by atoms with Gasteiger partial charge >= 0.3 is 5.97 Å². The van der Waals surface area contributed by atoms with E-state index in [1.165, 1.54) is 0 Å². The third-order valence-corrected chi connectivity index (χ3v) is 3.14. The molecule has 1 aliphatic heterocycles. The Morgan fingerprint density at radius 3 is 2.40 bits per heavy atom. The average Bonchev–Trinajstić information content (AvgIpc) is 2.44. The molecule has 0 saturated carbocycles. The second kappa shape index (κ2) is 4.79. The highest BCUT2D eigenvalue weighted by molar-refractivity contribution is 5.92. The largest absolute Gasteiger partial charge is 0.426 e. The molecule has 0 amide bonds. The fourth-order valence-electron chi connectivity index (χ4n) is 1.88. The first-order valence-corrected chi connectivity index (χ1v) is 5.54. The molecule has 15 heavy (non-hydrogen) atoms. The Morgan fingerprint density at radius 1 is 1.33 bits per heavy atom. The van der Waals surface area contributed by atoms with E-state index in [0.717, 1.165) is 31.3 Å². The molecule has 0 aromatic rings. The van der Waals surface area contributed by atoms with Crippen LogP contribution in [0.15, 0.2) is 11.1 Å². The van der Waals surface area contributed by atoms with Gasteiger partial charge in [0.25, 0.3) is 0 Å². The molecule has 0 fully saturated rings. The van der Waals surface area contributed by atoms with Gasteiger partial charge in [-0.2, -0.15) is 0 Å². The number of carbonyl (C=O) groups excluding carboxylic acids is 1. The molecule has 0 bridgehead atoms. The van der Waals surface area contributed by atoms with E-state index in [4.69, 9.17) is 9.47 Å². The van der Waals surface area contributed by atoms with Crippen molar-refractivity contribution in [2.75, 3.05) is 7.11 Å². The van der Waals surface area contributed by atoms with Crippen molar-refractivity contribution >= 4 is 5.97 Å². The van der Waals surface area contributed by atoms with Gasteiger partial charge in [-0.3, -0.25) is 0 Å². The molecule has 1 aliphatic rings. The summed E-state index contributed by atoms with van der Waals surface area (Å²) in [6.45, 7) is 5.85. The van der Waals surface area contributed by atoms with Crippen LogP contribution in [-0.2, 0) is 14.3 Å². The van der Waals surface area contributed by atoms with Crippen LogP contribution in [0.25, 0.3) is 0 Å². The molecule has 0 unspecified atom stereocenters. The van der Waals surface area contributed by atoms with Crippen LogP contribution in [0.4, 0.5) is 0 Å². The van der Waals surface area contributed by atoms with E-state index in [-0.39, 0.29) is 5.97 Å². The summed E-state index contributed by atoms with van der Waals surface area (Å²) in [7, 11) is 1.60. The van der Waals surface area contributed by atoms with E-state index in [0.29, 0.717) is 5.57 Å². The van der Waals surface area contributed by atoms with Crippen molar-refractivity contribution in [3.8, 4) is 0 Å². The van der Waals surface area contributed by atoms with Crippen molar-refractivity contribution in [1.82, 2.24) is 0 Å². The Morgan fingerprint density at radius 2 is 2.00 bits per heavy atom. The highest BCUT2D eigenvalue weighted by atomic mass is 16.7. The van der Waals surface area contributed by atoms with Crippen LogP contribution in [0.1, 0.15) is 46.5 Å². The first-order valence-electron chi connectivity index (χ1n) is 5.54. The molecule has 0 aromatic carbocycles. The van der Waals surface area contributed by atoms with Crippen LogP contribution in [-0.4, -0.2) is 18.9 Å². The van der Waals surface area contributed by atoms with E-state index in [9.17, 15) is 4.79 Å². The van der Waals surface area contributed by atoms with Crippen molar-refractivity contribution in [2.24, 2.45) is 0 Å². The number of methoxy groups -OCH3 is 1. The van der Waals surface area contributed by atoms with Gasteiger partial charge in [-0.05, 0) is 20.3 Å². The number of unbranched alkanes of at least 4 members (excludes halogenated alkanes) is 2. The molecular formula is C12H20O3. The molecule has 0 radical (unpaired) electrons. The number of hydrogen-bond donors (Lipinski definition) is 0. The molecule has 0 N–H and O–H groups in total. The Bertz CT molecular complexity index is 281. The minimum Gasteiger partial charge on any atom is -0.426 e. The molecule has 0 aromatic heterocycles. The Balaban J connectivity index is 2.75. The van der Waals surface area contributed by atoms with Crippen molar-refractivity contribution in [3.05, 3.63) is 11.1 Å². The molecule has 0 saturated heterocycles. The monoisotopic (exact) mass is 212 g/mol. The maximum Gasteiger partial charge on any atom is 0.336 e. The van der Waals surface area contributed by atoms with Crippen LogP contribution < -0.4 is 0 Å². The molecule has 1 heterocycles. The predicted octanol–water partition coefficient (Wildman–Crippen LogP) is 2.80. The van der Waals surface area contributed by atoms with Crippen LogP contribution in [0.3, 0.4) is 0 Å². The second-order valence-electron chi connectivity index (χ2n) is 4.05. The normalized spacial score (nSPS) is 26.0. The van der Waals surface area contributed by atoms with Crippen molar-refractivity contribution in [3.63, 3.8) is 0 Å². The molecule has 86 valence electrons. The van der Waals surface area contributed by atoms with Crippen LogP contribution >= 0.6 is 0 Å². The second-order valence-corrected chi connectivity index (χ2v) is 4.05. The number of hydrogen-bond acceptors (Lipinski definition) is 3. The lowest BCUT2D eigenvalue weighted by Gasteiger charge is -2.27. The number of ether oxygens (including phenoxy) is 2. The Hall–Kier alpha value is -0.830. The standard InChI is InChI=1S/C12H20O3/c1-5-6-7-8-12(14-4)10(3)9(2)11(13)15-12/h5-8H2,1-4H3/t12-/m0/s1. The Kier molecular flexibility index (Phi) is 3.91. The van der Waals surface area contributed by atoms with Crippen LogP contribution in [0, 0.1) is 0 Å². The quantitative estimate of drug-likeness (QED) is 0.519. The van der Waals surface area contributed by atoms with Gasteiger partial charge in [0.15, 0.2) is 0 Å². The fraction of sp³-hybridized carbons (Fsp3) is 0.750. The summed E-state index contributed by atoms with van der Waals surface area (Å²) < 4.78 is 10.7. The maximum absolute atomic E-state index is 11.4. The van der Waals surface area contributed by atoms with Gasteiger partial charge in [0.2, 0.25) is 5.79 Å². The van der Waals surface area contributed by atoms with Crippen molar-refractivity contribution in [2.45, 2.75) is 52.2 Å². The first kappa shape index (κ1) is 12.2.